The lowest BCUT2D eigenvalue weighted by atomic mass is 9.85. The number of carbonyl (C=O) groups is 1. The van der Waals surface area contributed by atoms with Crippen molar-refractivity contribution in [2.75, 3.05) is 18.4 Å². The molecule has 3 heterocycles. The highest BCUT2D eigenvalue weighted by Crippen LogP contribution is 2.37. The molecular weight excluding hydrogens is 467 g/mol. The summed E-state index contributed by atoms with van der Waals surface area (Å²) in [6.07, 6.45) is 4.30. The molecule has 1 aliphatic heterocycles. The third-order valence-electron chi connectivity index (χ3n) is 6.21. The normalized spacial score (nSPS) is 19.8. The Balaban J connectivity index is 1.29. The van der Waals surface area contributed by atoms with Gasteiger partial charge in [0.1, 0.15) is 10.0 Å². The highest BCUT2D eigenvalue weighted by atomic mass is 32.2. The third-order valence-corrected chi connectivity index (χ3v) is 9.49. The molecule has 1 saturated heterocycles. The van der Waals surface area contributed by atoms with E-state index >= 15 is 0 Å². The fraction of sp³-hybridized carbons (Fsp3) is 0.409. The van der Waals surface area contributed by atoms with E-state index in [9.17, 15) is 17.6 Å². The van der Waals surface area contributed by atoms with Crippen LogP contribution in [0.5, 0.6) is 0 Å². The standard InChI is InChI=1S/C22H23FN4O4S2/c23-17-8-1-2-9-18(17)24-21(28)15-7-4-10-27(12-15)33(29,30)19-11-16(13-32-19)20-25-22(31-26-20)14-5-3-6-14/h1-2,8-9,11,13-15H,3-7,10,12H2,(H,24,28)/t15-/m0/s1. The fourth-order valence-electron chi connectivity index (χ4n) is 4.04. The van der Waals surface area contributed by atoms with E-state index in [-0.39, 0.29) is 22.3 Å². The number of anilines is 1. The van der Waals surface area contributed by atoms with Crippen molar-refractivity contribution in [2.45, 2.75) is 42.2 Å². The molecular formula is C22H23FN4O4S2. The quantitative estimate of drug-likeness (QED) is 0.554. The minimum Gasteiger partial charge on any atom is -0.339 e. The van der Waals surface area contributed by atoms with Crippen LogP contribution >= 0.6 is 11.3 Å². The second-order valence-corrected chi connectivity index (χ2v) is 11.5. The van der Waals surface area contributed by atoms with Crippen LogP contribution in [0, 0.1) is 11.7 Å². The molecule has 0 unspecified atom stereocenters. The van der Waals surface area contributed by atoms with Crippen molar-refractivity contribution < 1.29 is 22.1 Å². The first-order chi connectivity index (χ1) is 15.9. The molecule has 1 aliphatic carbocycles. The number of thiophene rings is 1. The third kappa shape index (κ3) is 4.44. The van der Waals surface area contributed by atoms with E-state index in [1.165, 1.54) is 22.5 Å². The molecule has 5 rings (SSSR count). The van der Waals surface area contributed by atoms with Gasteiger partial charge in [-0.2, -0.15) is 9.29 Å². The van der Waals surface area contributed by atoms with Crippen LogP contribution in [0.3, 0.4) is 0 Å². The molecule has 0 bridgehead atoms. The number of nitrogens with one attached hydrogen (secondary N) is 1. The molecule has 0 spiro atoms. The van der Waals surface area contributed by atoms with Gasteiger partial charge in [0.05, 0.1) is 11.6 Å². The Morgan fingerprint density at radius 3 is 2.79 bits per heavy atom. The molecule has 2 aliphatic rings. The summed E-state index contributed by atoms with van der Waals surface area (Å²) in [5.41, 5.74) is 0.686. The number of sulfonamides is 1. The van der Waals surface area contributed by atoms with Crippen LogP contribution in [-0.2, 0) is 14.8 Å². The number of hydrogen-bond acceptors (Lipinski definition) is 7. The Morgan fingerprint density at radius 1 is 1.21 bits per heavy atom. The SMILES string of the molecule is O=C(Nc1ccccc1F)[C@H]1CCCN(S(=O)(=O)c2cc(-c3noc(C4CCC4)n3)cs2)C1. The highest BCUT2D eigenvalue weighted by Gasteiger charge is 2.35. The Kier molecular flexibility index (Phi) is 6.02. The van der Waals surface area contributed by atoms with Crippen molar-refractivity contribution in [2.24, 2.45) is 5.92 Å². The summed E-state index contributed by atoms with van der Waals surface area (Å²) in [4.78, 5) is 17.1. The summed E-state index contributed by atoms with van der Waals surface area (Å²) in [6, 6.07) is 7.46. The molecule has 2 aromatic heterocycles. The lowest BCUT2D eigenvalue weighted by Crippen LogP contribution is -2.43. The van der Waals surface area contributed by atoms with E-state index < -0.39 is 21.8 Å². The van der Waals surface area contributed by atoms with Crippen LogP contribution in [0.25, 0.3) is 11.4 Å². The molecule has 11 heteroatoms. The second-order valence-electron chi connectivity index (χ2n) is 8.41. The zero-order valence-electron chi connectivity index (χ0n) is 17.7. The first kappa shape index (κ1) is 22.2. The van der Waals surface area contributed by atoms with Gasteiger partial charge in [-0.1, -0.05) is 23.7 Å². The molecule has 174 valence electrons. The first-order valence-corrected chi connectivity index (χ1v) is 13.2. The molecule has 1 amide bonds. The van der Waals surface area contributed by atoms with Gasteiger partial charge in [-0.15, -0.1) is 11.3 Å². The number of nitrogens with zero attached hydrogens (tertiary/aromatic N) is 3. The van der Waals surface area contributed by atoms with E-state index in [2.05, 4.69) is 15.5 Å². The maximum absolute atomic E-state index is 13.9. The molecule has 1 atom stereocenters. The van der Waals surface area contributed by atoms with Crippen molar-refractivity contribution in [1.29, 1.82) is 0 Å². The predicted molar refractivity (Wildman–Crippen MR) is 121 cm³/mol. The van der Waals surface area contributed by atoms with E-state index in [0.717, 1.165) is 30.6 Å². The highest BCUT2D eigenvalue weighted by molar-refractivity contribution is 7.91. The molecule has 3 aromatic rings. The Morgan fingerprint density at radius 2 is 2.03 bits per heavy atom. The number of benzene rings is 1. The van der Waals surface area contributed by atoms with Crippen molar-refractivity contribution in [1.82, 2.24) is 14.4 Å². The van der Waals surface area contributed by atoms with Crippen LogP contribution in [-0.4, -0.2) is 41.9 Å². The number of carbonyl (C=O) groups excluding carboxylic acids is 1. The minimum absolute atomic E-state index is 0.0455. The van der Waals surface area contributed by atoms with Crippen molar-refractivity contribution in [3.63, 3.8) is 0 Å². The molecule has 0 radical (unpaired) electrons. The second kappa shape index (κ2) is 8.96. The molecule has 2 fully saturated rings. The summed E-state index contributed by atoms with van der Waals surface area (Å²) in [6.45, 7) is 0.372. The largest absolute Gasteiger partial charge is 0.339 e. The summed E-state index contributed by atoms with van der Waals surface area (Å²) in [7, 11) is -3.79. The maximum atomic E-state index is 13.9. The van der Waals surface area contributed by atoms with Gasteiger partial charge >= 0.3 is 0 Å². The van der Waals surface area contributed by atoms with Gasteiger partial charge in [-0.05, 0) is 43.9 Å². The van der Waals surface area contributed by atoms with Crippen LogP contribution in [0.4, 0.5) is 10.1 Å². The summed E-state index contributed by atoms with van der Waals surface area (Å²) < 4.78 is 47.2. The Bertz CT molecular complexity index is 1270. The topological polar surface area (TPSA) is 105 Å². The fourth-order valence-corrected chi connectivity index (χ4v) is 6.88. The Hall–Kier alpha value is -2.63. The average molecular weight is 491 g/mol. The number of halogens is 1. The number of hydrogen-bond donors (Lipinski definition) is 1. The van der Waals surface area contributed by atoms with E-state index in [4.69, 9.17) is 4.52 Å². The zero-order chi connectivity index (χ0) is 23.0. The van der Waals surface area contributed by atoms with Crippen LogP contribution in [0.15, 0.2) is 44.4 Å². The lowest BCUT2D eigenvalue weighted by molar-refractivity contribution is -0.120. The monoisotopic (exact) mass is 490 g/mol. The van der Waals surface area contributed by atoms with E-state index in [0.29, 0.717) is 42.6 Å². The molecule has 1 aromatic carbocycles. The molecule has 1 N–H and O–H groups in total. The van der Waals surface area contributed by atoms with Crippen LogP contribution in [0.2, 0.25) is 0 Å². The number of amides is 1. The number of para-hydroxylation sites is 1. The van der Waals surface area contributed by atoms with E-state index in [1.807, 2.05) is 0 Å². The minimum atomic E-state index is -3.79. The smallest absolute Gasteiger partial charge is 0.252 e. The van der Waals surface area contributed by atoms with Crippen molar-refractivity contribution in [3.8, 4) is 11.4 Å². The summed E-state index contributed by atoms with van der Waals surface area (Å²) in [5, 5.41) is 8.29. The van der Waals surface area contributed by atoms with Gasteiger partial charge in [-0.3, -0.25) is 4.79 Å². The number of rotatable bonds is 6. The average Bonchev–Trinajstić information content (AvgIpc) is 3.44. The van der Waals surface area contributed by atoms with E-state index in [1.54, 1.807) is 17.5 Å². The van der Waals surface area contributed by atoms with Gasteiger partial charge in [-0.25, -0.2) is 12.8 Å². The Labute approximate surface area is 194 Å². The predicted octanol–water partition coefficient (Wildman–Crippen LogP) is 4.24. The number of aromatic nitrogens is 2. The van der Waals surface area contributed by atoms with Gasteiger partial charge in [0, 0.05) is 30.0 Å². The first-order valence-electron chi connectivity index (χ1n) is 10.9. The molecule has 1 saturated carbocycles. The van der Waals surface area contributed by atoms with Gasteiger partial charge in [0.15, 0.2) is 0 Å². The molecule has 33 heavy (non-hydrogen) atoms. The summed E-state index contributed by atoms with van der Waals surface area (Å²) in [5.74, 6) is -0.188. The van der Waals surface area contributed by atoms with Crippen molar-refractivity contribution in [3.05, 3.63) is 47.4 Å². The lowest BCUT2D eigenvalue weighted by Gasteiger charge is -2.30. The summed E-state index contributed by atoms with van der Waals surface area (Å²) >= 11 is 1.10. The van der Waals surface area contributed by atoms with Gasteiger partial charge < -0.3 is 9.84 Å². The maximum Gasteiger partial charge on any atom is 0.252 e. The molecule has 8 nitrogen and oxygen atoms in total. The van der Waals surface area contributed by atoms with Crippen LogP contribution < -0.4 is 5.32 Å². The van der Waals surface area contributed by atoms with Gasteiger partial charge in [0.25, 0.3) is 10.0 Å². The van der Waals surface area contributed by atoms with Crippen LogP contribution in [0.1, 0.15) is 43.9 Å². The van der Waals surface area contributed by atoms with Gasteiger partial charge in [0.2, 0.25) is 17.6 Å². The number of piperidine rings is 1. The van der Waals surface area contributed by atoms with Crippen molar-refractivity contribution >= 4 is 33.0 Å². The zero-order valence-corrected chi connectivity index (χ0v) is 19.4.